The fourth-order valence-electron chi connectivity index (χ4n) is 2.34. The minimum Gasteiger partial charge on any atom is -0.280 e. The quantitative estimate of drug-likeness (QED) is 0.620. The summed E-state index contributed by atoms with van der Waals surface area (Å²) in [6.07, 6.45) is 10.1. The second-order valence-corrected chi connectivity index (χ2v) is 4.34. The summed E-state index contributed by atoms with van der Waals surface area (Å²) in [6, 6.07) is 8.61. The number of nitrogens with zero attached hydrogens (tertiary/aromatic N) is 1. The highest BCUT2D eigenvalue weighted by molar-refractivity contribution is 6.09. The summed E-state index contributed by atoms with van der Waals surface area (Å²) in [4.78, 5) is 4.71. The summed E-state index contributed by atoms with van der Waals surface area (Å²) in [5.74, 6) is 0. The molecule has 0 radical (unpaired) electrons. The van der Waals surface area contributed by atoms with Crippen LogP contribution in [0.5, 0.6) is 0 Å². The van der Waals surface area contributed by atoms with Crippen LogP contribution in [0.3, 0.4) is 0 Å². The van der Waals surface area contributed by atoms with Gasteiger partial charge in [0.2, 0.25) is 0 Å². The van der Waals surface area contributed by atoms with Gasteiger partial charge in [0.05, 0.1) is 12.3 Å². The first-order valence-corrected chi connectivity index (χ1v) is 5.91. The number of hydrogen-bond acceptors (Lipinski definition) is 1. The van der Waals surface area contributed by atoms with Gasteiger partial charge in [-0.15, -0.1) is 0 Å². The van der Waals surface area contributed by atoms with Crippen molar-refractivity contribution in [2.45, 2.75) is 25.8 Å². The first-order chi connectivity index (χ1) is 7.93. The minimum absolute atomic E-state index is 0.827. The van der Waals surface area contributed by atoms with Crippen molar-refractivity contribution in [3.63, 3.8) is 0 Å². The SMILES string of the molecule is C1=CC2=NCc3ccccc3CC=C2CC1. The third-order valence-electron chi connectivity index (χ3n) is 3.29. The average Bonchev–Trinajstić information content (AvgIpc) is 2.32. The Labute approximate surface area is 96.2 Å². The van der Waals surface area contributed by atoms with Crippen LogP contribution in [0.1, 0.15) is 24.0 Å². The van der Waals surface area contributed by atoms with Crippen LogP contribution in [0.15, 0.2) is 53.1 Å². The van der Waals surface area contributed by atoms with Gasteiger partial charge in [-0.25, -0.2) is 0 Å². The summed E-state index contributed by atoms with van der Waals surface area (Å²) in [6.45, 7) is 0.827. The van der Waals surface area contributed by atoms with Gasteiger partial charge in [-0.2, -0.15) is 0 Å². The van der Waals surface area contributed by atoms with Crippen LogP contribution in [-0.4, -0.2) is 5.71 Å². The molecule has 80 valence electrons. The number of hydrogen-bond donors (Lipinski definition) is 0. The summed E-state index contributed by atoms with van der Waals surface area (Å²) < 4.78 is 0. The lowest BCUT2D eigenvalue weighted by Crippen LogP contribution is -2.08. The molecule has 0 spiro atoms. The molecule has 3 rings (SSSR count). The molecule has 1 aromatic rings. The minimum atomic E-state index is 0.827. The fourth-order valence-corrected chi connectivity index (χ4v) is 2.34. The average molecular weight is 209 g/mol. The van der Waals surface area contributed by atoms with Gasteiger partial charge in [-0.3, -0.25) is 4.99 Å². The molecule has 0 fully saturated rings. The topological polar surface area (TPSA) is 12.4 Å². The van der Waals surface area contributed by atoms with Gasteiger partial charge in [0.1, 0.15) is 0 Å². The molecule has 1 aliphatic heterocycles. The van der Waals surface area contributed by atoms with Gasteiger partial charge in [0.15, 0.2) is 0 Å². The Morgan fingerprint density at radius 1 is 1.06 bits per heavy atom. The maximum absolute atomic E-state index is 4.71. The van der Waals surface area contributed by atoms with E-state index in [4.69, 9.17) is 4.99 Å². The molecule has 0 aromatic heterocycles. The molecule has 0 atom stereocenters. The van der Waals surface area contributed by atoms with Crippen LogP contribution in [0.25, 0.3) is 0 Å². The largest absolute Gasteiger partial charge is 0.280 e. The molecule has 0 N–H and O–H groups in total. The Kier molecular flexibility index (Phi) is 2.45. The van der Waals surface area contributed by atoms with Crippen molar-refractivity contribution in [3.8, 4) is 0 Å². The predicted molar refractivity (Wildman–Crippen MR) is 67.7 cm³/mol. The molecule has 1 nitrogen and oxygen atoms in total. The summed E-state index contributed by atoms with van der Waals surface area (Å²) in [5.41, 5.74) is 5.41. The Morgan fingerprint density at radius 2 is 1.94 bits per heavy atom. The molecular formula is C15H15N. The maximum Gasteiger partial charge on any atom is 0.0649 e. The zero-order valence-corrected chi connectivity index (χ0v) is 9.32. The van der Waals surface area contributed by atoms with Gasteiger partial charge in [0.25, 0.3) is 0 Å². The lowest BCUT2D eigenvalue weighted by Gasteiger charge is -2.16. The normalized spacial score (nSPS) is 18.8. The molecule has 1 aliphatic carbocycles. The smallest absolute Gasteiger partial charge is 0.0649 e. The second-order valence-electron chi connectivity index (χ2n) is 4.34. The number of rotatable bonds is 0. The van der Waals surface area contributed by atoms with E-state index in [1.165, 1.54) is 22.4 Å². The number of benzene rings is 1. The van der Waals surface area contributed by atoms with E-state index < -0.39 is 0 Å². The van der Waals surface area contributed by atoms with Crippen molar-refractivity contribution in [1.82, 2.24) is 0 Å². The lowest BCUT2D eigenvalue weighted by molar-refractivity contribution is 0.955. The van der Waals surface area contributed by atoms with E-state index >= 15 is 0 Å². The first kappa shape index (κ1) is 9.59. The van der Waals surface area contributed by atoms with E-state index in [1.807, 2.05) is 0 Å². The van der Waals surface area contributed by atoms with Crippen molar-refractivity contribution in [1.29, 1.82) is 0 Å². The summed E-state index contributed by atoms with van der Waals surface area (Å²) in [5, 5.41) is 0. The Balaban J connectivity index is 2.03. The monoisotopic (exact) mass is 209 g/mol. The van der Waals surface area contributed by atoms with Crippen molar-refractivity contribution in [2.75, 3.05) is 0 Å². The van der Waals surface area contributed by atoms with E-state index in [-0.39, 0.29) is 0 Å². The fraction of sp³-hybridized carbons (Fsp3) is 0.267. The first-order valence-electron chi connectivity index (χ1n) is 5.91. The highest BCUT2D eigenvalue weighted by atomic mass is 14.7. The van der Waals surface area contributed by atoms with Gasteiger partial charge in [0, 0.05) is 0 Å². The van der Waals surface area contributed by atoms with E-state index in [1.54, 1.807) is 0 Å². The molecule has 1 aromatic carbocycles. The Morgan fingerprint density at radius 3 is 2.88 bits per heavy atom. The molecule has 0 saturated heterocycles. The molecule has 0 unspecified atom stereocenters. The molecular weight excluding hydrogens is 194 g/mol. The lowest BCUT2D eigenvalue weighted by atomic mass is 9.94. The summed E-state index contributed by atoms with van der Waals surface area (Å²) >= 11 is 0. The zero-order valence-electron chi connectivity index (χ0n) is 9.32. The van der Waals surface area contributed by atoms with Gasteiger partial charge >= 0.3 is 0 Å². The molecule has 0 bridgehead atoms. The van der Waals surface area contributed by atoms with Gasteiger partial charge in [-0.05, 0) is 42.0 Å². The van der Waals surface area contributed by atoms with E-state index in [0.29, 0.717) is 0 Å². The van der Waals surface area contributed by atoms with Crippen LogP contribution in [0.4, 0.5) is 0 Å². The van der Waals surface area contributed by atoms with Crippen LogP contribution in [0.2, 0.25) is 0 Å². The van der Waals surface area contributed by atoms with E-state index in [9.17, 15) is 0 Å². The van der Waals surface area contributed by atoms with Crippen LogP contribution < -0.4 is 0 Å². The maximum atomic E-state index is 4.71. The van der Waals surface area contributed by atoms with Crippen LogP contribution in [0, 0.1) is 0 Å². The zero-order chi connectivity index (χ0) is 10.8. The standard InChI is InChI=1S/C15H15N/c1-2-7-14-11-16-15-8-4-3-6-13(15)10-9-12(14)5-1/h1-2,4-5,7-8,10H,3,6,9,11H2. The van der Waals surface area contributed by atoms with Gasteiger partial charge < -0.3 is 0 Å². The van der Waals surface area contributed by atoms with Crippen molar-refractivity contribution in [2.24, 2.45) is 4.99 Å². The highest BCUT2D eigenvalue weighted by Gasteiger charge is 2.11. The summed E-state index contributed by atoms with van der Waals surface area (Å²) in [7, 11) is 0. The molecule has 0 saturated carbocycles. The van der Waals surface area contributed by atoms with Crippen molar-refractivity contribution in [3.05, 3.63) is 59.2 Å². The predicted octanol–water partition coefficient (Wildman–Crippen LogP) is 3.46. The molecule has 2 aliphatic rings. The van der Waals surface area contributed by atoms with E-state index in [0.717, 1.165) is 25.8 Å². The number of allylic oxidation sites excluding steroid dienone is 4. The second kappa shape index (κ2) is 4.09. The van der Waals surface area contributed by atoms with Crippen molar-refractivity contribution < 1.29 is 0 Å². The van der Waals surface area contributed by atoms with Crippen LogP contribution in [-0.2, 0) is 13.0 Å². The third-order valence-corrected chi connectivity index (χ3v) is 3.29. The Bertz CT molecular complexity index is 492. The Hall–Kier alpha value is -1.63. The van der Waals surface area contributed by atoms with Gasteiger partial charge in [-0.1, -0.05) is 36.4 Å². The highest BCUT2D eigenvalue weighted by Crippen LogP contribution is 2.21. The van der Waals surface area contributed by atoms with Crippen LogP contribution >= 0.6 is 0 Å². The molecule has 1 heteroatoms. The molecule has 16 heavy (non-hydrogen) atoms. The third kappa shape index (κ3) is 1.73. The molecule has 1 heterocycles. The van der Waals surface area contributed by atoms with Crippen molar-refractivity contribution >= 4 is 5.71 Å². The van der Waals surface area contributed by atoms with E-state index in [2.05, 4.69) is 42.5 Å². The number of aliphatic imine (C=N–C) groups is 1. The molecule has 0 amide bonds. The number of fused-ring (bicyclic) bond motifs is 2.